The van der Waals surface area contributed by atoms with Crippen molar-refractivity contribution in [2.45, 2.75) is 31.7 Å². The predicted octanol–water partition coefficient (Wildman–Crippen LogP) is 4.13. The summed E-state index contributed by atoms with van der Waals surface area (Å²) >= 11 is 0. The van der Waals surface area contributed by atoms with Gasteiger partial charge in [0.1, 0.15) is 11.6 Å². The Balaban J connectivity index is 1.46. The minimum Gasteiger partial charge on any atom is -0.321 e. The summed E-state index contributed by atoms with van der Waals surface area (Å²) in [5.41, 5.74) is 5.18. The maximum absolute atomic E-state index is 14.1. The lowest BCUT2D eigenvalue weighted by atomic mass is 9.93. The van der Waals surface area contributed by atoms with Crippen LogP contribution in [0.5, 0.6) is 0 Å². The molecule has 3 aromatic heterocycles. The molecule has 0 N–H and O–H groups in total. The Morgan fingerprint density at radius 2 is 2.04 bits per heavy atom. The first kappa shape index (κ1) is 16.2. The minimum atomic E-state index is -0.567. The fourth-order valence-electron chi connectivity index (χ4n) is 4.10. The number of fused-ring (bicyclic) bond motifs is 3. The SMILES string of the molecule is Fc1ccc(Cc2cnnn2C2CCc3cc4ccccn4c3C2)c(F)c1. The molecule has 4 aromatic rings. The van der Waals surface area contributed by atoms with Gasteiger partial charge in [0.2, 0.25) is 0 Å². The van der Waals surface area contributed by atoms with Crippen LogP contribution >= 0.6 is 0 Å². The third-order valence-corrected chi connectivity index (χ3v) is 5.43. The number of pyridine rings is 1. The Bertz CT molecular complexity index is 1130. The second-order valence-electron chi connectivity index (χ2n) is 7.09. The summed E-state index contributed by atoms with van der Waals surface area (Å²) in [5.74, 6) is -1.10. The topological polar surface area (TPSA) is 35.1 Å². The molecule has 0 radical (unpaired) electrons. The van der Waals surface area contributed by atoms with Crippen molar-refractivity contribution in [3.63, 3.8) is 0 Å². The standard InChI is InChI=1S/C21H18F2N4/c22-16-6-4-14(20(23)11-16)9-19-13-24-25-27(19)18-7-5-15-10-17-3-1-2-8-26(17)21(15)12-18/h1-4,6,8,10-11,13,18H,5,7,9,12H2. The lowest BCUT2D eigenvalue weighted by Gasteiger charge is -2.24. The smallest absolute Gasteiger partial charge is 0.129 e. The van der Waals surface area contributed by atoms with Gasteiger partial charge in [-0.25, -0.2) is 13.5 Å². The minimum absolute atomic E-state index is 0.178. The molecule has 1 unspecified atom stereocenters. The van der Waals surface area contributed by atoms with Crippen LogP contribution in [0.2, 0.25) is 0 Å². The number of nitrogens with zero attached hydrogens (tertiary/aromatic N) is 4. The number of hydrogen-bond donors (Lipinski definition) is 0. The molecule has 5 rings (SSSR count). The van der Waals surface area contributed by atoms with Gasteiger partial charge in [-0.05, 0) is 48.2 Å². The molecule has 0 aliphatic heterocycles. The molecule has 1 aliphatic rings. The van der Waals surface area contributed by atoms with Gasteiger partial charge in [-0.3, -0.25) is 0 Å². The number of halogens is 2. The van der Waals surface area contributed by atoms with Crippen molar-refractivity contribution in [2.24, 2.45) is 0 Å². The van der Waals surface area contributed by atoms with Crippen molar-refractivity contribution in [1.29, 1.82) is 0 Å². The van der Waals surface area contributed by atoms with Crippen molar-refractivity contribution < 1.29 is 8.78 Å². The Labute approximate surface area is 155 Å². The monoisotopic (exact) mass is 364 g/mol. The van der Waals surface area contributed by atoms with Crippen molar-refractivity contribution in [1.82, 2.24) is 19.4 Å². The van der Waals surface area contributed by atoms with Gasteiger partial charge in [-0.15, -0.1) is 5.10 Å². The highest BCUT2D eigenvalue weighted by Crippen LogP contribution is 2.32. The van der Waals surface area contributed by atoms with E-state index in [0.717, 1.165) is 31.0 Å². The molecule has 0 saturated heterocycles. The molecular weight excluding hydrogens is 346 g/mol. The Morgan fingerprint density at radius 1 is 1.11 bits per heavy atom. The summed E-state index contributed by atoms with van der Waals surface area (Å²) in [6, 6.07) is 12.3. The molecule has 3 heterocycles. The summed E-state index contributed by atoms with van der Waals surface area (Å²) in [6.45, 7) is 0. The third-order valence-electron chi connectivity index (χ3n) is 5.43. The molecule has 136 valence electrons. The first-order valence-electron chi connectivity index (χ1n) is 9.10. The number of rotatable bonds is 3. The number of aromatic nitrogens is 4. The molecule has 0 spiro atoms. The average Bonchev–Trinajstić information content (AvgIpc) is 3.27. The van der Waals surface area contributed by atoms with Gasteiger partial charge in [0.05, 0.1) is 17.9 Å². The van der Waals surface area contributed by atoms with Crippen LogP contribution in [0.3, 0.4) is 0 Å². The van der Waals surface area contributed by atoms with E-state index in [1.165, 1.54) is 28.9 Å². The average molecular weight is 364 g/mol. The van der Waals surface area contributed by atoms with E-state index in [1.807, 2.05) is 16.8 Å². The zero-order valence-electron chi connectivity index (χ0n) is 14.6. The van der Waals surface area contributed by atoms with E-state index in [-0.39, 0.29) is 6.04 Å². The van der Waals surface area contributed by atoms with Crippen molar-refractivity contribution in [3.05, 3.63) is 89.0 Å². The first-order chi connectivity index (χ1) is 13.2. The number of benzene rings is 1. The molecule has 4 nitrogen and oxygen atoms in total. The predicted molar refractivity (Wildman–Crippen MR) is 97.6 cm³/mol. The van der Waals surface area contributed by atoms with Crippen molar-refractivity contribution in [2.75, 3.05) is 0 Å². The Kier molecular flexibility index (Phi) is 3.77. The zero-order valence-corrected chi connectivity index (χ0v) is 14.6. The maximum Gasteiger partial charge on any atom is 0.129 e. The molecule has 0 fully saturated rings. The molecule has 1 atom stereocenters. The van der Waals surface area contributed by atoms with E-state index < -0.39 is 11.6 Å². The van der Waals surface area contributed by atoms with Crippen LogP contribution < -0.4 is 0 Å². The maximum atomic E-state index is 14.1. The normalized spacial score (nSPS) is 16.6. The second kappa shape index (κ2) is 6.30. The highest BCUT2D eigenvalue weighted by atomic mass is 19.1. The van der Waals surface area contributed by atoms with Crippen LogP contribution in [0.25, 0.3) is 5.52 Å². The fraction of sp³-hybridized carbons (Fsp3) is 0.238. The van der Waals surface area contributed by atoms with Gasteiger partial charge in [-0.2, -0.15) is 0 Å². The molecule has 0 saturated carbocycles. The van der Waals surface area contributed by atoms with Gasteiger partial charge in [0, 0.05) is 36.3 Å². The van der Waals surface area contributed by atoms with Crippen LogP contribution in [-0.2, 0) is 19.3 Å². The third kappa shape index (κ3) is 2.81. The first-order valence-corrected chi connectivity index (χ1v) is 9.10. The highest BCUT2D eigenvalue weighted by molar-refractivity contribution is 5.54. The lowest BCUT2D eigenvalue weighted by Crippen LogP contribution is -2.22. The van der Waals surface area contributed by atoms with Crippen LogP contribution in [0, 0.1) is 11.6 Å². The fourth-order valence-corrected chi connectivity index (χ4v) is 4.10. The van der Waals surface area contributed by atoms with Crippen molar-refractivity contribution in [3.8, 4) is 0 Å². The zero-order chi connectivity index (χ0) is 18.4. The molecular formula is C21H18F2N4. The van der Waals surface area contributed by atoms with E-state index in [0.29, 0.717) is 12.0 Å². The van der Waals surface area contributed by atoms with E-state index in [1.54, 1.807) is 6.20 Å². The molecule has 27 heavy (non-hydrogen) atoms. The number of hydrogen-bond acceptors (Lipinski definition) is 2. The lowest BCUT2D eigenvalue weighted by molar-refractivity contribution is 0.382. The largest absolute Gasteiger partial charge is 0.321 e. The summed E-state index contributed by atoms with van der Waals surface area (Å²) in [7, 11) is 0. The van der Waals surface area contributed by atoms with Gasteiger partial charge in [0.15, 0.2) is 0 Å². The van der Waals surface area contributed by atoms with E-state index in [4.69, 9.17) is 0 Å². The molecule has 1 aromatic carbocycles. The van der Waals surface area contributed by atoms with Crippen LogP contribution in [0.15, 0.2) is 54.9 Å². The van der Waals surface area contributed by atoms with Gasteiger partial charge >= 0.3 is 0 Å². The summed E-state index contributed by atoms with van der Waals surface area (Å²) in [5, 5.41) is 8.34. The molecule has 0 amide bonds. The molecule has 1 aliphatic carbocycles. The van der Waals surface area contributed by atoms with Gasteiger partial charge in [0.25, 0.3) is 0 Å². The van der Waals surface area contributed by atoms with Crippen molar-refractivity contribution >= 4 is 5.52 Å². The highest BCUT2D eigenvalue weighted by Gasteiger charge is 2.25. The summed E-state index contributed by atoms with van der Waals surface area (Å²) in [6.07, 6.45) is 6.91. The Hall–Kier alpha value is -3.02. The van der Waals surface area contributed by atoms with E-state index in [2.05, 4.69) is 33.0 Å². The van der Waals surface area contributed by atoms with Gasteiger partial charge < -0.3 is 4.40 Å². The Morgan fingerprint density at radius 3 is 2.93 bits per heavy atom. The quantitative estimate of drug-likeness (QED) is 0.548. The van der Waals surface area contributed by atoms with E-state index >= 15 is 0 Å². The second-order valence-corrected chi connectivity index (χ2v) is 7.09. The van der Waals surface area contributed by atoms with Gasteiger partial charge in [-0.1, -0.05) is 17.3 Å². The molecule has 6 heteroatoms. The van der Waals surface area contributed by atoms with Crippen LogP contribution in [-0.4, -0.2) is 19.4 Å². The summed E-state index contributed by atoms with van der Waals surface area (Å²) in [4.78, 5) is 0. The molecule has 0 bridgehead atoms. The van der Waals surface area contributed by atoms with Crippen LogP contribution in [0.1, 0.15) is 35.0 Å². The van der Waals surface area contributed by atoms with E-state index in [9.17, 15) is 8.78 Å². The van der Waals surface area contributed by atoms with Crippen LogP contribution in [0.4, 0.5) is 8.78 Å². The summed E-state index contributed by atoms with van der Waals surface area (Å²) < 4.78 is 31.4. The number of aryl methyl sites for hydroxylation is 1.